The van der Waals surface area contributed by atoms with Gasteiger partial charge < -0.3 is 19.5 Å². The fourth-order valence-corrected chi connectivity index (χ4v) is 3.44. The van der Waals surface area contributed by atoms with Gasteiger partial charge in [-0.2, -0.15) is 0 Å². The minimum absolute atomic E-state index is 0.0980. The van der Waals surface area contributed by atoms with E-state index in [1.54, 1.807) is 0 Å². The van der Waals surface area contributed by atoms with E-state index in [1.807, 2.05) is 6.20 Å². The molecule has 0 bridgehead atoms. The van der Waals surface area contributed by atoms with Crippen molar-refractivity contribution in [3.05, 3.63) is 47.5 Å². The van der Waals surface area contributed by atoms with E-state index in [0.717, 1.165) is 57.1 Å². The second kappa shape index (κ2) is 7.27. The molecule has 2 aliphatic rings. The summed E-state index contributed by atoms with van der Waals surface area (Å²) in [5, 5.41) is 2.98. The predicted molar refractivity (Wildman–Crippen MR) is 95.8 cm³/mol. The van der Waals surface area contributed by atoms with Gasteiger partial charge in [-0.1, -0.05) is 12.1 Å². The molecular formula is C19H24N4O2. The monoisotopic (exact) mass is 340 g/mol. The molecule has 0 atom stereocenters. The molecule has 25 heavy (non-hydrogen) atoms. The van der Waals surface area contributed by atoms with E-state index >= 15 is 0 Å². The average molecular weight is 340 g/mol. The Morgan fingerprint density at radius 2 is 1.92 bits per heavy atom. The maximum atomic E-state index is 12.3. The van der Waals surface area contributed by atoms with Crippen molar-refractivity contribution < 1.29 is 9.53 Å². The number of morpholine rings is 1. The number of nitrogens with zero attached hydrogens (tertiary/aromatic N) is 3. The third-order valence-electron chi connectivity index (χ3n) is 4.91. The SMILES string of the molecule is O=C(NCc1ccc(N2CCOCC2)cc1)c1cn2c(n1)CCCC2. The van der Waals surface area contributed by atoms with E-state index < -0.39 is 0 Å². The lowest BCUT2D eigenvalue weighted by atomic mass is 10.2. The third kappa shape index (κ3) is 3.69. The smallest absolute Gasteiger partial charge is 0.271 e. The van der Waals surface area contributed by atoms with Crippen LogP contribution in [0.15, 0.2) is 30.5 Å². The Kier molecular flexibility index (Phi) is 4.70. The van der Waals surface area contributed by atoms with Gasteiger partial charge in [-0.05, 0) is 30.5 Å². The third-order valence-corrected chi connectivity index (χ3v) is 4.91. The summed E-state index contributed by atoms with van der Waals surface area (Å²) in [7, 11) is 0. The van der Waals surface area contributed by atoms with Crippen molar-refractivity contribution in [2.24, 2.45) is 0 Å². The minimum Gasteiger partial charge on any atom is -0.378 e. The quantitative estimate of drug-likeness (QED) is 0.925. The lowest BCUT2D eigenvalue weighted by molar-refractivity contribution is 0.0946. The van der Waals surface area contributed by atoms with E-state index in [2.05, 4.69) is 44.0 Å². The van der Waals surface area contributed by atoms with Crippen molar-refractivity contribution in [2.75, 3.05) is 31.2 Å². The van der Waals surface area contributed by atoms with Crippen LogP contribution in [0.25, 0.3) is 0 Å². The summed E-state index contributed by atoms with van der Waals surface area (Å²) in [6.07, 6.45) is 5.18. The van der Waals surface area contributed by atoms with Gasteiger partial charge in [0.25, 0.3) is 5.91 Å². The Balaban J connectivity index is 1.34. The number of nitrogens with one attached hydrogen (secondary N) is 1. The molecule has 1 N–H and O–H groups in total. The van der Waals surface area contributed by atoms with Crippen LogP contribution in [0.4, 0.5) is 5.69 Å². The topological polar surface area (TPSA) is 59.4 Å². The number of fused-ring (bicyclic) bond motifs is 1. The Bertz CT molecular complexity index is 709. The van der Waals surface area contributed by atoms with E-state index in [1.165, 1.54) is 12.1 Å². The highest BCUT2D eigenvalue weighted by molar-refractivity contribution is 5.92. The summed E-state index contributed by atoms with van der Waals surface area (Å²) in [4.78, 5) is 19.1. The summed E-state index contributed by atoms with van der Waals surface area (Å²) >= 11 is 0. The molecule has 1 fully saturated rings. The molecule has 2 aromatic rings. The maximum Gasteiger partial charge on any atom is 0.271 e. The van der Waals surface area contributed by atoms with Crippen molar-refractivity contribution in [3.63, 3.8) is 0 Å². The van der Waals surface area contributed by atoms with Crippen LogP contribution < -0.4 is 10.2 Å². The van der Waals surface area contributed by atoms with Crippen LogP contribution in [0, 0.1) is 0 Å². The van der Waals surface area contributed by atoms with Crippen molar-refractivity contribution in [1.29, 1.82) is 0 Å². The van der Waals surface area contributed by atoms with Gasteiger partial charge >= 0.3 is 0 Å². The van der Waals surface area contributed by atoms with Gasteiger partial charge in [0, 0.05) is 44.5 Å². The number of anilines is 1. The highest BCUT2D eigenvalue weighted by Gasteiger charge is 2.16. The van der Waals surface area contributed by atoms with Crippen LogP contribution >= 0.6 is 0 Å². The van der Waals surface area contributed by atoms with Crippen molar-refractivity contribution in [1.82, 2.24) is 14.9 Å². The number of benzene rings is 1. The lowest BCUT2D eigenvalue weighted by Gasteiger charge is -2.28. The summed E-state index contributed by atoms with van der Waals surface area (Å²) < 4.78 is 7.49. The number of amides is 1. The molecule has 4 rings (SSSR count). The first-order chi connectivity index (χ1) is 12.3. The Morgan fingerprint density at radius 3 is 2.68 bits per heavy atom. The maximum absolute atomic E-state index is 12.3. The van der Waals surface area contributed by atoms with E-state index in [9.17, 15) is 4.79 Å². The molecule has 0 saturated carbocycles. The first-order valence-corrected chi connectivity index (χ1v) is 9.05. The molecule has 3 heterocycles. The molecule has 6 nitrogen and oxygen atoms in total. The minimum atomic E-state index is -0.0980. The number of carbonyl (C=O) groups is 1. The largest absolute Gasteiger partial charge is 0.378 e. The number of imidazole rings is 1. The number of aromatic nitrogens is 2. The molecule has 0 spiro atoms. The Hall–Kier alpha value is -2.34. The Labute approximate surface area is 147 Å². The van der Waals surface area contributed by atoms with E-state index in [4.69, 9.17) is 4.74 Å². The van der Waals surface area contributed by atoms with Gasteiger partial charge in [0.05, 0.1) is 13.2 Å². The summed E-state index contributed by atoms with van der Waals surface area (Å²) in [5.41, 5.74) is 2.83. The van der Waals surface area contributed by atoms with Gasteiger partial charge in [0.15, 0.2) is 0 Å². The van der Waals surface area contributed by atoms with Gasteiger partial charge in [-0.15, -0.1) is 0 Å². The van der Waals surface area contributed by atoms with Crippen LogP contribution in [0.5, 0.6) is 0 Å². The molecule has 0 radical (unpaired) electrons. The Morgan fingerprint density at radius 1 is 1.12 bits per heavy atom. The summed E-state index contributed by atoms with van der Waals surface area (Å²) in [5.74, 6) is 0.936. The van der Waals surface area contributed by atoms with Crippen molar-refractivity contribution in [3.8, 4) is 0 Å². The highest BCUT2D eigenvalue weighted by atomic mass is 16.5. The molecule has 132 valence electrons. The van der Waals surface area contributed by atoms with Crippen LogP contribution in [0.3, 0.4) is 0 Å². The number of carbonyl (C=O) groups excluding carboxylic acids is 1. The molecule has 1 aromatic carbocycles. The van der Waals surface area contributed by atoms with Crippen LogP contribution in [-0.2, 0) is 24.2 Å². The predicted octanol–water partition coefficient (Wildman–Crippen LogP) is 1.99. The van der Waals surface area contributed by atoms with Gasteiger partial charge in [0.1, 0.15) is 11.5 Å². The van der Waals surface area contributed by atoms with Crippen molar-refractivity contribution in [2.45, 2.75) is 32.4 Å². The normalized spacial score (nSPS) is 17.2. The molecule has 1 aromatic heterocycles. The molecule has 0 unspecified atom stereocenters. The van der Waals surface area contributed by atoms with E-state index in [0.29, 0.717) is 12.2 Å². The highest BCUT2D eigenvalue weighted by Crippen LogP contribution is 2.17. The lowest BCUT2D eigenvalue weighted by Crippen LogP contribution is -2.36. The first-order valence-electron chi connectivity index (χ1n) is 9.05. The average Bonchev–Trinajstić information content (AvgIpc) is 3.11. The molecule has 0 aliphatic carbocycles. The number of hydrogen-bond acceptors (Lipinski definition) is 4. The molecule has 2 aliphatic heterocycles. The zero-order valence-corrected chi connectivity index (χ0v) is 14.4. The zero-order chi connectivity index (χ0) is 17.1. The van der Waals surface area contributed by atoms with Gasteiger partial charge in [-0.25, -0.2) is 4.98 Å². The van der Waals surface area contributed by atoms with Crippen LogP contribution in [0.2, 0.25) is 0 Å². The van der Waals surface area contributed by atoms with E-state index in [-0.39, 0.29) is 5.91 Å². The number of aryl methyl sites for hydroxylation is 2. The zero-order valence-electron chi connectivity index (χ0n) is 14.4. The molecule has 1 amide bonds. The summed E-state index contributed by atoms with van der Waals surface area (Å²) in [6, 6.07) is 8.37. The van der Waals surface area contributed by atoms with Crippen LogP contribution in [0.1, 0.15) is 34.7 Å². The number of ether oxygens (including phenoxy) is 1. The molecule has 6 heteroatoms. The number of rotatable bonds is 4. The standard InChI is InChI=1S/C19H24N4O2/c24-19(17-14-23-8-2-1-3-18(23)21-17)20-13-15-4-6-16(7-5-15)22-9-11-25-12-10-22/h4-7,14H,1-3,8-13H2,(H,20,24). The fourth-order valence-electron chi connectivity index (χ4n) is 3.44. The second-order valence-corrected chi connectivity index (χ2v) is 6.64. The first kappa shape index (κ1) is 16.1. The van der Waals surface area contributed by atoms with Gasteiger partial charge in [0.2, 0.25) is 0 Å². The molecule has 1 saturated heterocycles. The van der Waals surface area contributed by atoms with Crippen molar-refractivity contribution >= 4 is 11.6 Å². The van der Waals surface area contributed by atoms with Gasteiger partial charge in [-0.3, -0.25) is 4.79 Å². The summed E-state index contributed by atoms with van der Waals surface area (Å²) in [6.45, 7) is 4.92. The fraction of sp³-hybridized carbons (Fsp3) is 0.474. The van der Waals surface area contributed by atoms with Crippen LogP contribution in [-0.4, -0.2) is 41.8 Å². The number of hydrogen-bond donors (Lipinski definition) is 1. The second-order valence-electron chi connectivity index (χ2n) is 6.64. The molecular weight excluding hydrogens is 316 g/mol.